The van der Waals surface area contributed by atoms with E-state index in [-0.39, 0.29) is 37.7 Å². The second-order valence-corrected chi connectivity index (χ2v) is 4.34. The molecule has 0 rings (SSSR count). The molecule has 0 bridgehead atoms. The minimum atomic E-state index is -4.81. The first-order chi connectivity index (χ1) is 6.24. The summed E-state index contributed by atoms with van der Waals surface area (Å²) in [6.07, 6.45) is 0. The van der Waals surface area contributed by atoms with Crippen LogP contribution in [0.1, 0.15) is 0 Å². The monoisotopic (exact) mass is 338 g/mol. The van der Waals surface area contributed by atoms with Crippen LogP contribution in [0.25, 0.3) is 0 Å². The van der Waals surface area contributed by atoms with Crippen molar-refractivity contribution in [1.82, 2.24) is 0 Å². The standard InChI is InChI=1S/Ca.2ClFHO4P/c;2*1-5-7(3,4)6-2/h;2*(H,3,4)/q+2;;/p-2. The topological polar surface area (TPSA) is 117 Å². The summed E-state index contributed by atoms with van der Waals surface area (Å²) in [5.74, 6) is 0. The van der Waals surface area contributed by atoms with Crippen molar-refractivity contribution in [2.24, 2.45) is 0 Å². The normalized spacial score (nSPS) is 17.5. The van der Waals surface area contributed by atoms with Gasteiger partial charge in [-0.1, -0.05) is 0 Å². The van der Waals surface area contributed by atoms with E-state index in [9.17, 15) is 28.0 Å². The van der Waals surface area contributed by atoms with Gasteiger partial charge < -0.3 is 9.79 Å². The van der Waals surface area contributed by atoms with Crippen molar-refractivity contribution in [3.05, 3.63) is 0 Å². The summed E-state index contributed by atoms with van der Waals surface area (Å²) in [7, 11) is -9.61. The van der Waals surface area contributed by atoms with Crippen LogP contribution in [-0.4, -0.2) is 37.7 Å². The Morgan fingerprint density at radius 3 is 1.13 bits per heavy atom. The van der Waals surface area contributed by atoms with Crippen molar-refractivity contribution < 1.29 is 45.6 Å². The van der Waals surface area contributed by atoms with E-state index in [4.69, 9.17) is 0 Å². The van der Waals surface area contributed by atoms with Gasteiger partial charge in [0.25, 0.3) is 0 Å². The van der Waals surface area contributed by atoms with Crippen LogP contribution in [0.4, 0.5) is 9.05 Å². The summed E-state index contributed by atoms with van der Waals surface area (Å²) in [4.78, 5) is 18.9. The van der Waals surface area contributed by atoms with Gasteiger partial charge >= 0.3 is 53.4 Å². The molecule has 0 saturated heterocycles. The number of hydrogen-bond acceptors (Lipinski definition) is 8. The quantitative estimate of drug-likeness (QED) is 0.542. The van der Waals surface area contributed by atoms with Crippen LogP contribution < -0.4 is 9.79 Å². The largest absolute Gasteiger partial charge is 2.00 e. The molecule has 0 amide bonds. The predicted octanol–water partition coefficient (Wildman–Crippen LogP) is 0.672. The summed E-state index contributed by atoms with van der Waals surface area (Å²) >= 11 is 8.31. The van der Waals surface area contributed by atoms with Gasteiger partial charge in [-0.15, -0.1) is 9.46 Å². The van der Waals surface area contributed by atoms with Crippen molar-refractivity contribution >= 4 is 77.1 Å². The van der Waals surface area contributed by atoms with Gasteiger partial charge in [0.05, 0.1) is 23.7 Å². The SMILES string of the molecule is O=P([O-])(OF)OCl.O=P([O-])(OF)OCl.[Ca+2]. The molecule has 0 aliphatic heterocycles. The summed E-state index contributed by atoms with van der Waals surface area (Å²) < 4.78 is 50.3. The molecule has 2 unspecified atom stereocenters. The van der Waals surface area contributed by atoms with Crippen LogP contribution >= 0.6 is 39.4 Å². The fraction of sp³-hybridized carbons (Fsp3) is 0. The third kappa shape index (κ3) is 15.9. The van der Waals surface area contributed by atoms with Gasteiger partial charge in [-0.05, 0) is 9.05 Å². The minimum absolute atomic E-state index is 0. The Labute approximate surface area is 122 Å². The first-order valence-electron chi connectivity index (χ1n) is 2.08. The fourth-order valence-corrected chi connectivity index (χ4v) is 0.192. The number of rotatable bonds is 4. The van der Waals surface area contributed by atoms with Crippen molar-refractivity contribution in [3.8, 4) is 0 Å². The molecule has 0 radical (unpaired) electrons. The van der Waals surface area contributed by atoms with E-state index >= 15 is 0 Å². The van der Waals surface area contributed by atoms with Gasteiger partial charge in [0, 0.05) is 0 Å². The van der Waals surface area contributed by atoms with Crippen LogP contribution in [0.5, 0.6) is 0 Å². The molecule has 15 heteroatoms. The van der Waals surface area contributed by atoms with E-state index in [1.165, 1.54) is 0 Å². The first kappa shape index (κ1) is 22.1. The third-order valence-electron chi connectivity index (χ3n) is 0.338. The van der Waals surface area contributed by atoms with Gasteiger partial charge in [-0.25, -0.2) is 8.15 Å². The Kier molecular flexibility index (Phi) is 16.3. The summed E-state index contributed by atoms with van der Waals surface area (Å²) in [6, 6.07) is 0. The maximum atomic E-state index is 10.5. The second kappa shape index (κ2) is 11.0. The number of hydrogen-bond donors (Lipinski definition) is 0. The Morgan fingerprint density at radius 1 is 0.933 bits per heavy atom. The maximum absolute atomic E-state index is 10.5. The molecule has 0 fully saturated rings. The Bertz CT molecular complexity index is 197. The van der Waals surface area contributed by atoms with E-state index < -0.39 is 15.6 Å². The van der Waals surface area contributed by atoms with Crippen LogP contribution in [0.2, 0.25) is 0 Å². The molecule has 0 spiro atoms. The zero-order valence-electron chi connectivity index (χ0n) is 6.38. The van der Waals surface area contributed by atoms with Gasteiger partial charge in [-0.3, -0.25) is 9.13 Å². The van der Waals surface area contributed by atoms with Crippen molar-refractivity contribution in [2.75, 3.05) is 0 Å². The Morgan fingerprint density at radius 2 is 1.13 bits per heavy atom. The average molecular weight is 339 g/mol. The van der Waals surface area contributed by atoms with Gasteiger partial charge in [0.1, 0.15) is 0 Å². The van der Waals surface area contributed by atoms with Gasteiger partial charge in [0.15, 0.2) is 0 Å². The Hall–Kier alpha value is 1.92. The molecule has 0 aliphatic carbocycles. The van der Waals surface area contributed by atoms with Crippen molar-refractivity contribution in [3.63, 3.8) is 0 Å². The molecular formula is CaCl2F2O8P2. The summed E-state index contributed by atoms with van der Waals surface area (Å²) in [5.41, 5.74) is 0. The molecule has 8 nitrogen and oxygen atoms in total. The summed E-state index contributed by atoms with van der Waals surface area (Å²) in [6.45, 7) is 0. The third-order valence-corrected chi connectivity index (χ3v) is 2.03. The van der Waals surface area contributed by atoms with Crippen molar-refractivity contribution in [2.45, 2.75) is 0 Å². The molecule has 0 N–H and O–H groups in total. The smallest absolute Gasteiger partial charge is 0.753 e. The van der Waals surface area contributed by atoms with Crippen LogP contribution in [0.15, 0.2) is 0 Å². The molecule has 0 aromatic rings. The molecule has 0 heterocycles. The zero-order chi connectivity index (χ0) is 11.8. The molecule has 0 aromatic heterocycles. The first-order valence-corrected chi connectivity index (χ1v) is 5.62. The second-order valence-electron chi connectivity index (χ2n) is 1.17. The molecule has 2 atom stereocenters. The van der Waals surface area contributed by atoms with E-state index in [1.807, 2.05) is 0 Å². The van der Waals surface area contributed by atoms with Crippen LogP contribution in [-0.2, 0) is 26.7 Å². The molecule has 0 saturated carbocycles. The van der Waals surface area contributed by atoms with Gasteiger partial charge in [0.2, 0.25) is 0 Å². The molecule has 0 aliphatic rings. The van der Waals surface area contributed by atoms with Crippen LogP contribution in [0, 0.1) is 0 Å². The molecular weight excluding hydrogens is 339 g/mol. The molecule has 0 aromatic carbocycles. The number of phosphoric acid groups is 2. The Balaban J connectivity index is -0.000000180. The fourth-order valence-electron chi connectivity index (χ4n) is 0.0213. The average Bonchev–Trinajstić information content (AvgIpc) is 2.19. The van der Waals surface area contributed by atoms with Crippen LogP contribution in [0.3, 0.4) is 0 Å². The van der Waals surface area contributed by atoms with Crippen molar-refractivity contribution in [1.29, 1.82) is 0 Å². The van der Waals surface area contributed by atoms with E-state index in [2.05, 4.69) is 41.3 Å². The zero-order valence-corrected chi connectivity index (χ0v) is 11.9. The number of halogens is 4. The molecule has 15 heavy (non-hydrogen) atoms. The predicted molar refractivity (Wildman–Crippen MR) is 39.2 cm³/mol. The minimum Gasteiger partial charge on any atom is -0.753 e. The van der Waals surface area contributed by atoms with E-state index in [0.717, 1.165) is 0 Å². The van der Waals surface area contributed by atoms with E-state index in [0.29, 0.717) is 0 Å². The van der Waals surface area contributed by atoms with E-state index in [1.54, 1.807) is 0 Å². The maximum Gasteiger partial charge on any atom is 2.00 e. The molecule has 88 valence electrons. The van der Waals surface area contributed by atoms with Gasteiger partial charge in [-0.2, -0.15) is 0 Å². The summed E-state index contributed by atoms with van der Waals surface area (Å²) in [5, 5.41) is 0.